The van der Waals surface area contributed by atoms with Gasteiger partial charge in [0.05, 0.1) is 0 Å². The van der Waals surface area contributed by atoms with Crippen molar-refractivity contribution in [3.63, 3.8) is 0 Å². The number of ether oxygens (including phenoxy) is 2. The molecule has 1 aromatic rings. The van der Waals surface area contributed by atoms with Crippen LogP contribution in [0.3, 0.4) is 0 Å². The first-order valence-corrected chi connectivity index (χ1v) is 5.85. The highest BCUT2D eigenvalue weighted by molar-refractivity contribution is 6.17. The first-order chi connectivity index (χ1) is 9.48. The summed E-state index contributed by atoms with van der Waals surface area (Å²) in [5.41, 5.74) is 2.43. The number of cyclic esters (lactones) is 2. The maximum atomic E-state index is 11.6. The van der Waals surface area contributed by atoms with E-state index in [1.165, 1.54) is 26.1 Å². The molecule has 0 atom stereocenters. The molecule has 1 aliphatic rings. The molecule has 20 heavy (non-hydrogen) atoms. The Bertz CT molecular complexity index is 557. The molecule has 7 heteroatoms. The predicted octanol–water partition coefficient (Wildman–Crippen LogP) is 1.24. The Hall–Kier alpha value is -2.70. The standard InChI is InChI=1S/C13H13N3O4/c1-13(2)19-11(17)9(12(18)20-13)6-8-15-16-10-5-3-4-7-14-10/h3-8H,1-2H3,(H,14,16). The number of allylic oxidation sites excluding steroid dienone is 1. The summed E-state index contributed by atoms with van der Waals surface area (Å²) in [6.45, 7) is 2.96. The predicted molar refractivity (Wildman–Crippen MR) is 70.7 cm³/mol. The van der Waals surface area contributed by atoms with E-state index in [0.29, 0.717) is 5.82 Å². The fourth-order valence-electron chi connectivity index (χ4n) is 1.44. The number of esters is 2. The molecule has 1 aliphatic heterocycles. The van der Waals surface area contributed by atoms with Crippen LogP contribution in [0, 0.1) is 0 Å². The number of hydrogen-bond donors (Lipinski definition) is 1. The normalized spacial score (nSPS) is 17.6. The van der Waals surface area contributed by atoms with E-state index in [0.717, 1.165) is 0 Å². The zero-order valence-corrected chi connectivity index (χ0v) is 11.0. The fraction of sp³-hybridized carbons (Fsp3) is 0.231. The summed E-state index contributed by atoms with van der Waals surface area (Å²) in [6, 6.07) is 5.28. The molecule has 1 aromatic heterocycles. The smallest absolute Gasteiger partial charge is 0.348 e. The third-order valence-corrected chi connectivity index (χ3v) is 2.28. The summed E-state index contributed by atoms with van der Waals surface area (Å²) < 4.78 is 9.85. The molecule has 0 radical (unpaired) electrons. The van der Waals surface area contributed by atoms with Gasteiger partial charge >= 0.3 is 11.9 Å². The molecule has 1 N–H and O–H groups in total. The number of hydrazone groups is 1. The van der Waals surface area contributed by atoms with Gasteiger partial charge in [-0.1, -0.05) is 6.07 Å². The first-order valence-electron chi connectivity index (χ1n) is 5.85. The number of nitrogens with zero attached hydrogens (tertiary/aromatic N) is 2. The van der Waals surface area contributed by atoms with Crippen LogP contribution < -0.4 is 5.43 Å². The van der Waals surface area contributed by atoms with Crippen molar-refractivity contribution in [1.82, 2.24) is 4.98 Å². The molecule has 0 aromatic carbocycles. The largest absolute Gasteiger partial charge is 0.419 e. The second-order valence-electron chi connectivity index (χ2n) is 4.36. The van der Waals surface area contributed by atoms with Crippen LogP contribution in [-0.4, -0.2) is 28.9 Å². The van der Waals surface area contributed by atoms with E-state index >= 15 is 0 Å². The second kappa shape index (κ2) is 5.52. The Balaban J connectivity index is 2.01. The quantitative estimate of drug-likeness (QED) is 0.293. The van der Waals surface area contributed by atoms with Gasteiger partial charge in [-0.05, 0) is 18.2 Å². The highest BCUT2D eigenvalue weighted by Crippen LogP contribution is 2.22. The number of aromatic nitrogens is 1. The van der Waals surface area contributed by atoms with Gasteiger partial charge in [0.25, 0.3) is 5.79 Å². The molecule has 0 saturated carbocycles. The van der Waals surface area contributed by atoms with Gasteiger partial charge in [-0.15, -0.1) is 0 Å². The average molecular weight is 275 g/mol. The zero-order valence-electron chi connectivity index (χ0n) is 11.0. The van der Waals surface area contributed by atoms with Gasteiger partial charge in [0.15, 0.2) is 0 Å². The van der Waals surface area contributed by atoms with E-state index < -0.39 is 17.7 Å². The van der Waals surface area contributed by atoms with E-state index in [-0.39, 0.29) is 5.57 Å². The molecule has 0 spiro atoms. The van der Waals surface area contributed by atoms with Gasteiger partial charge in [0.2, 0.25) is 0 Å². The summed E-state index contributed by atoms with van der Waals surface area (Å²) in [7, 11) is 0. The summed E-state index contributed by atoms with van der Waals surface area (Å²) in [4.78, 5) is 27.2. The van der Waals surface area contributed by atoms with Crippen molar-refractivity contribution in [2.75, 3.05) is 5.43 Å². The number of nitrogens with one attached hydrogen (secondary N) is 1. The zero-order chi connectivity index (χ0) is 14.6. The van der Waals surface area contributed by atoms with Gasteiger partial charge in [0, 0.05) is 26.3 Å². The van der Waals surface area contributed by atoms with Crippen LogP contribution in [0.4, 0.5) is 5.82 Å². The van der Waals surface area contributed by atoms with E-state index in [1.807, 2.05) is 0 Å². The van der Waals surface area contributed by atoms with Crippen LogP contribution in [0.25, 0.3) is 0 Å². The van der Waals surface area contributed by atoms with Gasteiger partial charge in [-0.2, -0.15) is 5.10 Å². The Morgan fingerprint density at radius 1 is 1.25 bits per heavy atom. The summed E-state index contributed by atoms with van der Waals surface area (Å²) in [6.07, 6.45) is 4.08. The number of pyridine rings is 1. The van der Waals surface area contributed by atoms with Crippen LogP contribution >= 0.6 is 0 Å². The Morgan fingerprint density at radius 2 is 1.95 bits per heavy atom. The molecule has 0 aliphatic carbocycles. The van der Waals surface area contributed by atoms with Gasteiger partial charge < -0.3 is 9.47 Å². The lowest BCUT2D eigenvalue weighted by molar-refractivity contribution is -0.222. The second-order valence-corrected chi connectivity index (χ2v) is 4.36. The van der Waals surface area contributed by atoms with E-state index in [1.54, 1.807) is 24.4 Å². The number of anilines is 1. The SMILES string of the molecule is CC1(C)OC(=O)C(=CC=NNc2ccccn2)C(=O)O1. The van der Waals surface area contributed by atoms with Crippen LogP contribution in [0.5, 0.6) is 0 Å². The molecule has 7 nitrogen and oxygen atoms in total. The van der Waals surface area contributed by atoms with Crippen molar-refractivity contribution >= 4 is 24.0 Å². The summed E-state index contributed by atoms with van der Waals surface area (Å²) in [5, 5.41) is 3.81. The lowest BCUT2D eigenvalue weighted by Crippen LogP contribution is -2.41. The topological polar surface area (TPSA) is 89.9 Å². The summed E-state index contributed by atoms with van der Waals surface area (Å²) in [5.74, 6) is -2.18. The molecule has 2 rings (SSSR count). The number of rotatable bonds is 3. The average Bonchev–Trinajstić information content (AvgIpc) is 2.37. The maximum Gasteiger partial charge on any atom is 0.348 e. The van der Waals surface area contributed by atoms with Crippen molar-refractivity contribution < 1.29 is 19.1 Å². The van der Waals surface area contributed by atoms with E-state index in [2.05, 4.69) is 15.5 Å². The molecule has 0 unspecified atom stereocenters. The molecule has 0 amide bonds. The van der Waals surface area contributed by atoms with Crippen molar-refractivity contribution in [1.29, 1.82) is 0 Å². The Labute approximate surface area is 115 Å². The molecular formula is C13H13N3O4. The van der Waals surface area contributed by atoms with E-state index in [9.17, 15) is 9.59 Å². The van der Waals surface area contributed by atoms with Crippen LogP contribution in [0.1, 0.15) is 13.8 Å². The Morgan fingerprint density at radius 3 is 2.55 bits per heavy atom. The number of carbonyl (C=O) groups is 2. The van der Waals surface area contributed by atoms with Crippen LogP contribution in [0.15, 0.2) is 41.1 Å². The van der Waals surface area contributed by atoms with Crippen molar-refractivity contribution in [2.45, 2.75) is 19.6 Å². The minimum absolute atomic E-state index is 0.212. The van der Waals surface area contributed by atoms with Crippen LogP contribution in [0.2, 0.25) is 0 Å². The number of hydrogen-bond acceptors (Lipinski definition) is 7. The molecule has 0 bridgehead atoms. The van der Waals surface area contributed by atoms with Crippen molar-refractivity contribution in [2.24, 2.45) is 5.10 Å². The molecule has 104 valence electrons. The maximum absolute atomic E-state index is 11.6. The highest BCUT2D eigenvalue weighted by atomic mass is 16.7. The van der Waals surface area contributed by atoms with Crippen molar-refractivity contribution in [3.8, 4) is 0 Å². The minimum Gasteiger partial charge on any atom is -0.419 e. The molecule has 2 heterocycles. The molecule has 1 fully saturated rings. The minimum atomic E-state index is -1.24. The van der Waals surface area contributed by atoms with Crippen molar-refractivity contribution in [3.05, 3.63) is 36.0 Å². The first kappa shape index (κ1) is 13.7. The van der Waals surface area contributed by atoms with Gasteiger partial charge in [-0.25, -0.2) is 14.6 Å². The third kappa shape index (κ3) is 3.41. The number of carbonyl (C=O) groups excluding carboxylic acids is 2. The fourth-order valence-corrected chi connectivity index (χ4v) is 1.44. The third-order valence-electron chi connectivity index (χ3n) is 2.28. The Kier molecular flexibility index (Phi) is 3.79. The van der Waals surface area contributed by atoms with E-state index in [4.69, 9.17) is 9.47 Å². The highest BCUT2D eigenvalue weighted by Gasteiger charge is 2.38. The lowest BCUT2D eigenvalue weighted by Gasteiger charge is -2.29. The van der Waals surface area contributed by atoms with Gasteiger partial charge in [-0.3, -0.25) is 5.43 Å². The molecular weight excluding hydrogens is 262 g/mol. The monoisotopic (exact) mass is 275 g/mol. The molecule has 1 saturated heterocycles. The lowest BCUT2D eigenvalue weighted by atomic mass is 10.2. The van der Waals surface area contributed by atoms with Gasteiger partial charge in [0.1, 0.15) is 11.4 Å². The summed E-state index contributed by atoms with van der Waals surface area (Å²) >= 11 is 0. The van der Waals surface area contributed by atoms with Crippen LogP contribution in [-0.2, 0) is 19.1 Å².